The number of rotatable bonds is 4. The maximum absolute atomic E-state index is 13.4. The van der Waals surface area contributed by atoms with Gasteiger partial charge in [0.25, 0.3) is 0 Å². The summed E-state index contributed by atoms with van der Waals surface area (Å²) in [6.07, 6.45) is -0.432. The maximum atomic E-state index is 13.4. The van der Waals surface area contributed by atoms with Crippen LogP contribution in [0.15, 0.2) is 42.7 Å². The molecule has 0 unspecified atom stereocenters. The minimum atomic E-state index is -1.63. The number of hydrogen-bond acceptors (Lipinski definition) is 1. The van der Waals surface area contributed by atoms with Crippen molar-refractivity contribution in [3.63, 3.8) is 0 Å². The lowest BCUT2D eigenvalue weighted by atomic mass is 9.93. The maximum Gasteiger partial charge on any atom is 0.335 e. The normalized spacial score (nSPS) is 10.5. The van der Waals surface area contributed by atoms with Crippen molar-refractivity contribution >= 4 is 5.97 Å². The van der Waals surface area contributed by atoms with Crippen LogP contribution in [0, 0.1) is 17.5 Å². The predicted molar refractivity (Wildman–Crippen MR) is 72.7 cm³/mol. The second-order valence-corrected chi connectivity index (χ2v) is 4.58. The molecule has 0 spiro atoms. The molecule has 0 aliphatic rings. The second-order valence-electron chi connectivity index (χ2n) is 4.58. The smallest absolute Gasteiger partial charge is 0.335 e. The van der Waals surface area contributed by atoms with E-state index in [0.717, 1.165) is 12.1 Å². The quantitative estimate of drug-likeness (QED) is 0.667. The molecule has 0 atom stereocenters. The summed E-state index contributed by atoms with van der Waals surface area (Å²) in [7, 11) is 0. The van der Waals surface area contributed by atoms with Gasteiger partial charge in [-0.25, -0.2) is 22.4 Å². The Labute approximate surface area is 123 Å². The monoisotopic (exact) mass is 310 g/mol. The van der Waals surface area contributed by atoms with Gasteiger partial charge in [-0.2, -0.15) is 0 Å². The largest absolute Gasteiger partial charge is 0.478 e. The molecule has 0 amide bonds. The third-order valence-corrected chi connectivity index (χ3v) is 3.07. The SMILES string of the molecule is C=C(F)Cc1c(C(=O)O)cccc1-c1cc(F)c(F)c(F)c1. The fourth-order valence-electron chi connectivity index (χ4n) is 2.15. The number of carboxylic acid groups (broad SMARTS) is 1. The van der Waals surface area contributed by atoms with Gasteiger partial charge in [-0.05, 0) is 34.9 Å². The molecule has 0 aromatic heterocycles. The molecule has 0 aliphatic heterocycles. The molecular formula is C16H10F4O2. The summed E-state index contributed by atoms with van der Waals surface area (Å²) in [5, 5.41) is 9.14. The molecule has 0 saturated carbocycles. The third-order valence-electron chi connectivity index (χ3n) is 3.07. The highest BCUT2D eigenvalue weighted by molar-refractivity contribution is 5.92. The van der Waals surface area contributed by atoms with Gasteiger partial charge in [0, 0.05) is 6.42 Å². The first-order valence-corrected chi connectivity index (χ1v) is 6.14. The summed E-state index contributed by atoms with van der Waals surface area (Å²) < 4.78 is 52.9. The highest BCUT2D eigenvalue weighted by Crippen LogP contribution is 2.30. The summed E-state index contributed by atoms with van der Waals surface area (Å²) in [4.78, 5) is 11.2. The fourth-order valence-corrected chi connectivity index (χ4v) is 2.15. The summed E-state index contributed by atoms with van der Waals surface area (Å²) in [6.45, 7) is 3.07. The Bertz CT molecular complexity index is 746. The zero-order chi connectivity index (χ0) is 16.4. The van der Waals surface area contributed by atoms with E-state index in [0.29, 0.717) is 0 Å². The van der Waals surface area contributed by atoms with Gasteiger partial charge >= 0.3 is 5.97 Å². The molecule has 0 saturated heterocycles. The molecule has 1 N–H and O–H groups in total. The van der Waals surface area contributed by atoms with E-state index in [1.807, 2.05) is 0 Å². The zero-order valence-electron chi connectivity index (χ0n) is 11.2. The van der Waals surface area contributed by atoms with Crippen molar-refractivity contribution in [3.8, 4) is 11.1 Å². The molecule has 0 fully saturated rings. The molecule has 2 aromatic rings. The van der Waals surface area contributed by atoms with Crippen LogP contribution in [0.2, 0.25) is 0 Å². The number of carboxylic acids is 1. The Morgan fingerprint density at radius 3 is 2.23 bits per heavy atom. The van der Waals surface area contributed by atoms with E-state index >= 15 is 0 Å². The second kappa shape index (κ2) is 6.01. The van der Waals surface area contributed by atoms with Gasteiger partial charge in [0.1, 0.15) is 0 Å². The van der Waals surface area contributed by atoms with Crippen LogP contribution in [0.5, 0.6) is 0 Å². The van der Waals surface area contributed by atoms with Crippen molar-refractivity contribution < 1.29 is 27.5 Å². The number of carbonyl (C=O) groups is 1. The zero-order valence-corrected chi connectivity index (χ0v) is 11.2. The summed E-state index contributed by atoms with van der Waals surface area (Å²) in [5.74, 6) is -6.59. The molecule has 0 aliphatic carbocycles. The standard InChI is InChI=1S/C16H10F4O2/c1-8(17)5-12-10(3-2-4-11(12)16(21)22)9-6-13(18)15(20)14(19)7-9/h2-4,6-7H,1,5H2,(H,21,22). The van der Waals surface area contributed by atoms with Crippen molar-refractivity contribution in [2.45, 2.75) is 6.42 Å². The number of benzene rings is 2. The average Bonchev–Trinajstić information content (AvgIpc) is 2.43. The lowest BCUT2D eigenvalue weighted by Gasteiger charge is -2.12. The Kier molecular flexibility index (Phi) is 4.30. The van der Waals surface area contributed by atoms with Crippen molar-refractivity contribution in [2.75, 3.05) is 0 Å². The number of hydrogen-bond donors (Lipinski definition) is 1. The van der Waals surface area contributed by atoms with E-state index in [4.69, 9.17) is 5.11 Å². The average molecular weight is 310 g/mol. The number of halogens is 4. The Balaban J connectivity index is 2.72. The van der Waals surface area contributed by atoms with Crippen molar-refractivity contribution in [3.05, 3.63) is 71.3 Å². The van der Waals surface area contributed by atoms with Crippen LogP contribution in [0.3, 0.4) is 0 Å². The summed E-state index contributed by atoms with van der Waals surface area (Å²) >= 11 is 0. The van der Waals surface area contributed by atoms with Gasteiger partial charge in [0.05, 0.1) is 11.4 Å². The molecule has 114 valence electrons. The lowest BCUT2D eigenvalue weighted by Crippen LogP contribution is -2.05. The van der Waals surface area contributed by atoms with E-state index in [1.165, 1.54) is 18.2 Å². The first-order chi connectivity index (χ1) is 10.3. The van der Waals surface area contributed by atoms with Crippen LogP contribution >= 0.6 is 0 Å². The van der Waals surface area contributed by atoms with Gasteiger partial charge in [0.2, 0.25) is 0 Å². The number of allylic oxidation sites excluding steroid dienone is 1. The van der Waals surface area contributed by atoms with Crippen LogP contribution in [0.4, 0.5) is 17.6 Å². The van der Waals surface area contributed by atoms with Gasteiger partial charge in [-0.15, -0.1) is 0 Å². The topological polar surface area (TPSA) is 37.3 Å². The fraction of sp³-hybridized carbons (Fsp3) is 0.0625. The lowest BCUT2D eigenvalue weighted by molar-refractivity contribution is 0.0696. The van der Waals surface area contributed by atoms with Gasteiger partial charge in [-0.1, -0.05) is 18.7 Å². The molecular weight excluding hydrogens is 300 g/mol. The molecule has 22 heavy (non-hydrogen) atoms. The van der Waals surface area contributed by atoms with E-state index in [1.54, 1.807) is 0 Å². The first kappa shape index (κ1) is 15.8. The molecule has 2 nitrogen and oxygen atoms in total. The molecule has 0 heterocycles. The van der Waals surface area contributed by atoms with Gasteiger partial charge < -0.3 is 5.11 Å². The van der Waals surface area contributed by atoms with Crippen LogP contribution in [0.25, 0.3) is 11.1 Å². The van der Waals surface area contributed by atoms with Crippen molar-refractivity contribution in [2.24, 2.45) is 0 Å². The van der Waals surface area contributed by atoms with Crippen LogP contribution in [-0.2, 0) is 6.42 Å². The first-order valence-electron chi connectivity index (χ1n) is 6.14. The van der Waals surface area contributed by atoms with Crippen LogP contribution in [-0.4, -0.2) is 11.1 Å². The predicted octanol–water partition coefficient (Wildman–Crippen LogP) is 4.49. The Hall–Kier alpha value is -2.63. The third kappa shape index (κ3) is 3.00. The van der Waals surface area contributed by atoms with E-state index in [9.17, 15) is 22.4 Å². The van der Waals surface area contributed by atoms with E-state index in [-0.39, 0.29) is 22.3 Å². The minimum absolute atomic E-state index is 0.00732. The minimum Gasteiger partial charge on any atom is -0.478 e. The Morgan fingerprint density at radius 2 is 1.73 bits per heavy atom. The van der Waals surface area contributed by atoms with Crippen LogP contribution in [0.1, 0.15) is 15.9 Å². The summed E-state index contributed by atoms with van der Waals surface area (Å²) in [5.41, 5.74) is -0.207. The highest BCUT2D eigenvalue weighted by Gasteiger charge is 2.18. The molecule has 6 heteroatoms. The van der Waals surface area contributed by atoms with E-state index in [2.05, 4.69) is 6.58 Å². The van der Waals surface area contributed by atoms with Crippen molar-refractivity contribution in [1.82, 2.24) is 0 Å². The van der Waals surface area contributed by atoms with Gasteiger partial charge in [0.15, 0.2) is 17.5 Å². The molecule has 2 aromatic carbocycles. The molecule has 2 rings (SSSR count). The van der Waals surface area contributed by atoms with Crippen LogP contribution < -0.4 is 0 Å². The Morgan fingerprint density at radius 1 is 1.14 bits per heavy atom. The molecule has 0 bridgehead atoms. The molecule has 0 radical (unpaired) electrons. The highest BCUT2D eigenvalue weighted by atomic mass is 19.2. The van der Waals surface area contributed by atoms with E-state index < -0.39 is 35.7 Å². The van der Waals surface area contributed by atoms with Gasteiger partial charge in [-0.3, -0.25) is 0 Å². The van der Waals surface area contributed by atoms with Crippen molar-refractivity contribution in [1.29, 1.82) is 0 Å². The summed E-state index contributed by atoms with van der Waals surface area (Å²) in [6, 6.07) is 5.41. The number of aromatic carboxylic acids is 1.